The number of nitrogens with zero attached hydrogens (tertiary/aromatic N) is 4. The number of rotatable bonds is 2. The Bertz CT molecular complexity index is 703. The fourth-order valence-corrected chi connectivity index (χ4v) is 1.84. The summed E-state index contributed by atoms with van der Waals surface area (Å²) in [6.07, 6.45) is 6.90. The van der Waals surface area contributed by atoms with Gasteiger partial charge in [-0.25, -0.2) is 14.6 Å². The van der Waals surface area contributed by atoms with E-state index in [0.717, 1.165) is 10.9 Å². The van der Waals surface area contributed by atoms with Crippen LogP contribution in [0.4, 0.5) is 0 Å². The highest BCUT2D eigenvalue weighted by Gasteiger charge is 2.05. The summed E-state index contributed by atoms with van der Waals surface area (Å²) < 4.78 is 1.68. The summed E-state index contributed by atoms with van der Waals surface area (Å²) in [5.41, 5.74) is 1.79. The lowest BCUT2D eigenvalue weighted by molar-refractivity contribution is 0.950. The SMILES string of the molecule is Clc1ncnc2c1cnn2C=Cc1ccccc1. The molecule has 0 aliphatic carbocycles. The Balaban J connectivity index is 2.01. The standard InChI is InChI=1S/C13H9ClN4/c14-12-11-8-17-18(13(11)16-9-15-12)7-6-10-4-2-1-3-5-10/h1-9H. The van der Waals surface area contributed by atoms with E-state index in [-0.39, 0.29) is 0 Å². The Morgan fingerprint density at radius 2 is 1.94 bits per heavy atom. The second-order valence-corrected chi connectivity index (χ2v) is 4.08. The van der Waals surface area contributed by atoms with E-state index in [1.807, 2.05) is 42.6 Å². The summed E-state index contributed by atoms with van der Waals surface area (Å²) in [7, 11) is 0. The molecule has 0 fully saturated rings. The van der Waals surface area contributed by atoms with E-state index in [1.54, 1.807) is 10.9 Å². The van der Waals surface area contributed by atoms with E-state index in [2.05, 4.69) is 15.1 Å². The van der Waals surface area contributed by atoms with Crippen molar-refractivity contribution in [3.8, 4) is 0 Å². The Labute approximate surface area is 109 Å². The Morgan fingerprint density at radius 3 is 2.78 bits per heavy atom. The number of fused-ring (bicyclic) bond motifs is 1. The normalized spacial score (nSPS) is 11.4. The van der Waals surface area contributed by atoms with Crippen molar-refractivity contribution in [3.63, 3.8) is 0 Å². The first kappa shape index (κ1) is 10.9. The van der Waals surface area contributed by atoms with Gasteiger partial charge in [0.15, 0.2) is 5.65 Å². The van der Waals surface area contributed by atoms with Crippen LogP contribution in [0.5, 0.6) is 0 Å². The monoisotopic (exact) mass is 256 g/mol. The molecule has 88 valence electrons. The van der Waals surface area contributed by atoms with Crippen molar-refractivity contribution < 1.29 is 0 Å². The molecular weight excluding hydrogens is 248 g/mol. The van der Waals surface area contributed by atoms with Crippen molar-refractivity contribution in [2.24, 2.45) is 0 Å². The van der Waals surface area contributed by atoms with E-state index < -0.39 is 0 Å². The molecule has 4 nitrogen and oxygen atoms in total. The number of halogens is 1. The fraction of sp³-hybridized carbons (Fsp3) is 0. The predicted molar refractivity (Wildman–Crippen MR) is 72.0 cm³/mol. The van der Waals surface area contributed by atoms with Crippen LogP contribution in [0.2, 0.25) is 5.15 Å². The molecule has 0 saturated carbocycles. The second-order valence-electron chi connectivity index (χ2n) is 3.72. The van der Waals surface area contributed by atoms with Gasteiger partial charge in [-0.05, 0) is 11.6 Å². The van der Waals surface area contributed by atoms with Gasteiger partial charge >= 0.3 is 0 Å². The quantitative estimate of drug-likeness (QED) is 0.662. The minimum absolute atomic E-state index is 0.416. The maximum absolute atomic E-state index is 5.96. The smallest absolute Gasteiger partial charge is 0.167 e. The van der Waals surface area contributed by atoms with Crippen LogP contribution in [0.25, 0.3) is 23.3 Å². The third-order valence-corrected chi connectivity index (χ3v) is 2.85. The van der Waals surface area contributed by atoms with Crippen LogP contribution in [0.3, 0.4) is 0 Å². The van der Waals surface area contributed by atoms with Crippen molar-refractivity contribution in [1.29, 1.82) is 0 Å². The molecule has 0 spiro atoms. The zero-order chi connectivity index (χ0) is 12.4. The number of hydrogen-bond acceptors (Lipinski definition) is 3. The molecule has 0 saturated heterocycles. The lowest BCUT2D eigenvalue weighted by atomic mass is 10.2. The van der Waals surface area contributed by atoms with Crippen molar-refractivity contribution in [2.75, 3.05) is 0 Å². The first-order chi connectivity index (χ1) is 8.84. The van der Waals surface area contributed by atoms with Crippen molar-refractivity contribution >= 4 is 34.9 Å². The van der Waals surface area contributed by atoms with Gasteiger partial charge in [0.25, 0.3) is 0 Å². The van der Waals surface area contributed by atoms with E-state index in [9.17, 15) is 0 Å². The lowest BCUT2D eigenvalue weighted by Crippen LogP contribution is -1.91. The van der Waals surface area contributed by atoms with Crippen molar-refractivity contribution in [3.05, 3.63) is 53.6 Å². The molecule has 0 atom stereocenters. The van der Waals surface area contributed by atoms with Crippen molar-refractivity contribution in [2.45, 2.75) is 0 Å². The predicted octanol–water partition coefficient (Wildman–Crippen LogP) is 3.11. The number of aromatic nitrogens is 4. The summed E-state index contributed by atoms with van der Waals surface area (Å²) in [4.78, 5) is 8.08. The minimum Gasteiger partial charge on any atom is -0.224 e. The molecule has 2 aromatic heterocycles. The van der Waals surface area contributed by atoms with Gasteiger partial charge in [-0.15, -0.1) is 0 Å². The Hall–Kier alpha value is -2.20. The highest BCUT2D eigenvalue weighted by molar-refractivity contribution is 6.33. The molecule has 18 heavy (non-hydrogen) atoms. The molecule has 0 aliphatic rings. The average molecular weight is 257 g/mol. The molecule has 3 aromatic rings. The topological polar surface area (TPSA) is 43.6 Å². The molecule has 0 radical (unpaired) electrons. The summed E-state index contributed by atoms with van der Waals surface area (Å²) in [6.45, 7) is 0. The van der Waals surface area contributed by atoms with Crippen molar-refractivity contribution in [1.82, 2.24) is 19.7 Å². The maximum Gasteiger partial charge on any atom is 0.167 e. The van der Waals surface area contributed by atoms with Crippen LogP contribution in [0, 0.1) is 0 Å². The first-order valence-electron chi connectivity index (χ1n) is 5.41. The van der Waals surface area contributed by atoms with Crippen LogP contribution in [-0.4, -0.2) is 19.7 Å². The van der Waals surface area contributed by atoms with Gasteiger partial charge < -0.3 is 0 Å². The summed E-state index contributed by atoms with van der Waals surface area (Å²) in [6, 6.07) is 9.99. The highest BCUT2D eigenvalue weighted by atomic mass is 35.5. The molecule has 3 rings (SSSR count). The van der Waals surface area contributed by atoms with Gasteiger partial charge in [0.1, 0.15) is 11.5 Å². The average Bonchev–Trinajstić information content (AvgIpc) is 2.82. The van der Waals surface area contributed by atoms with Gasteiger partial charge in [0.05, 0.1) is 11.6 Å². The highest BCUT2D eigenvalue weighted by Crippen LogP contribution is 2.18. The van der Waals surface area contributed by atoms with Crippen LogP contribution in [0.15, 0.2) is 42.9 Å². The summed E-state index contributed by atoms with van der Waals surface area (Å²) >= 11 is 5.96. The Kier molecular flexibility index (Phi) is 2.78. The molecule has 2 heterocycles. The zero-order valence-electron chi connectivity index (χ0n) is 9.36. The third-order valence-electron chi connectivity index (χ3n) is 2.55. The van der Waals surface area contributed by atoms with Gasteiger partial charge in [0.2, 0.25) is 0 Å². The molecule has 1 aromatic carbocycles. The molecule has 0 amide bonds. The number of benzene rings is 1. The fourth-order valence-electron chi connectivity index (χ4n) is 1.66. The van der Waals surface area contributed by atoms with E-state index >= 15 is 0 Å². The van der Waals surface area contributed by atoms with Gasteiger partial charge in [-0.1, -0.05) is 41.9 Å². The van der Waals surface area contributed by atoms with Crippen LogP contribution < -0.4 is 0 Å². The minimum atomic E-state index is 0.416. The van der Waals surface area contributed by atoms with Gasteiger partial charge in [-0.3, -0.25) is 0 Å². The van der Waals surface area contributed by atoms with Crippen LogP contribution >= 0.6 is 11.6 Å². The molecule has 0 unspecified atom stereocenters. The molecule has 0 N–H and O–H groups in total. The Morgan fingerprint density at radius 1 is 1.11 bits per heavy atom. The summed E-state index contributed by atoms with van der Waals surface area (Å²) in [5, 5.41) is 5.38. The van der Waals surface area contributed by atoms with E-state index in [1.165, 1.54) is 6.33 Å². The number of hydrogen-bond donors (Lipinski definition) is 0. The molecule has 0 aliphatic heterocycles. The van der Waals surface area contributed by atoms with E-state index in [0.29, 0.717) is 10.8 Å². The van der Waals surface area contributed by atoms with Gasteiger partial charge in [-0.2, -0.15) is 5.10 Å². The molecule has 5 heteroatoms. The first-order valence-corrected chi connectivity index (χ1v) is 5.79. The molecular formula is C13H9ClN4. The zero-order valence-corrected chi connectivity index (χ0v) is 10.1. The summed E-state index contributed by atoms with van der Waals surface area (Å²) in [5.74, 6) is 0. The maximum atomic E-state index is 5.96. The third kappa shape index (κ3) is 1.98. The largest absolute Gasteiger partial charge is 0.224 e. The second kappa shape index (κ2) is 4.58. The molecule has 0 bridgehead atoms. The lowest BCUT2D eigenvalue weighted by Gasteiger charge is -1.95. The van der Waals surface area contributed by atoms with Crippen LogP contribution in [-0.2, 0) is 0 Å². The van der Waals surface area contributed by atoms with Gasteiger partial charge in [0, 0.05) is 6.20 Å². The van der Waals surface area contributed by atoms with E-state index in [4.69, 9.17) is 11.6 Å². The van der Waals surface area contributed by atoms with Crippen LogP contribution in [0.1, 0.15) is 5.56 Å².